The molecule has 1 aromatic rings. The van der Waals surface area contributed by atoms with E-state index in [0.29, 0.717) is 0 Å². The van der Waals surface area contributed by atoms with E-state index >= 15 is 0 Å². The highest BCUT2D eigenvalue weighted by Gasteiger charge is 2.09. The van der Waals surface area contributed by atoms with Gasteiger partial charge in [0.2, 0.25) is 5.88 Å². The third-order valence-corrected chi connectivity index (χ3v) is 1.67. The highest BCUT2D eigenvalue weighted by Crippen LogP contribution is 2.25. The van der Waals surface area contributed by atoms with E-state index in [1.165, 1.54) is 0 Å². The van der Waals surface area contributed by atoms with Crippen molar-refractivity contribution >= 4 is 21.6 Å². The number of pyridine rings is 1. The predicted molar refractivity (Wildman–Crippen MR) is 45.1 cm³/mol. The number of nitro groups is 1. The minimum Gasteiger partial charge on any atom is -0.480 e. The van der Waals surface area contributed by atoms with Gasteiger partial charge in [0.25, 0.3) is 5.69 Å². The maximum atomic E-state index is 10.3. The fourth-order valence-electron chi connectivity index (χ4n) is 0.590. The molecule has 0 radical (unpaired) electrons. The molecule has 0 aliphatic rings. The molecule has 64 valence electrons. The first-order valence-electron chi connectivity index (χ1n) is 4.28. The van der Waals surface area contributed by atoms with Crippen LogP contribution >= 0.6 is 15.9 Å². The summed E-state index contributed by atoms with van der Waals surface area (Å²) in [6.45, 7) is 0. The van der Waals surface area contributed by atoms with Crippen molar-refractivity contribution < 1.29 is 13.8 Å². The van der Waals surface area contributed by atoms with Crippen LogP contribution in [0.2, 0.25) is 0 Å². The van der Waals surface area contributed by atoms with Gasteiger partial charge < -0.3 is 4.74 Å². The fourth-order valence-corrected chi connectivity index (χ4v) is 1.01. The molecule has 12 heavy (non-hydrogen) atoms. The molecule has 0 bridgehead atoms. The Bertz CT molecular complexity index is 396. The van der Waals surface area contributed by atoms with E-state index in [9.17, 15) is 10.1 Å². The van der Waals surface area contributed by atoms with Gasteiger partial charge in [-0.3, -0.25) is 10.1 Å². The zero-order valence-corrected chi connectivity index (χ0v) is 7.24. The Morgan fingerprint density at radius 2 is 2.67 bits per heavy atom. The number of ether oxygens (including phenoxy) is 1. The Hall–Kier alpha value is -1.17. The summed E-state index contributed by atoms with van der Waals surface area (Å²) in [5.41, 5.74) is -0.250. The van der Waals surface area contributed by atoms with E-state index in [4.69, 9.17) is 4.11 Å². The quantitative estimate of drug-likeness (QED) is 0.579. The van der Waals surface area contributed by atoms with Crippen LogP contribution in [-0.2, 0) is 0 Å². The Kier molecular flexibility index (Phi) is 1.59. The largest absolute Gasteiger partial charge is 0.480 e. The molecule has 0 saturated carbocycles. The van der Waals surface area contributed by atoms with Crippen molar-refractivity contribution in [3.63, 3.8) is 0 Å². The number of rotatable bonds is 2. The molecular formula is C6H5BrN2O3. The number of hydrogen-bond acceptors (Lipinski definition) is 4. The minimum absolute atomic E-state index is 0.118. The highest BCUT2D eigenvalue weighted by molar-refractivity contribution is 9.10. The number of methoxy groups -OCH3 is 1. The van der Waals surface area contributed by atoms with E-state index in [0.717, 1.165) is 12.3 Å². The summed E-state index contributed by atoms with van der Waals surface area (Å²) in [6, 6.07) is 1.12. The first-order valence-corrected chi connectivity index (χ1v) is 3.58. The Morgan fingerprint density at radius 1 is 1.92 bits per heavy atom. The summed E-state index contributed by atoms with van der Waals surface area (Å²) in [7, 11) is -2.63. The van der Waals surface area contributed by atoms with E-state index < -0.39 is 12.0 Å². The zero-order valence-electron chi connectivity index (χ0n) is 8.65. The minimum atomic E-state index is -2.63. The second kappa shape index (κ2) is 3.48. The molecule has 1 rings (SSSR count). The van der Waals surface area contributed by atoms with E-state index in [2.05, 4.69) is 25.7 Å². The average molecular weight is 236 g/mol. The van der Waals surface area contributed by atoms with Crippen LogP contribution in [-0.4, -0.2) is 16.9 Å². The zero-order chi connectivity index (χ0) is 11.6. The van der Waals surface area contributed by atoms with Crippen molar-refractivity contribution in [3.05, 3.63) is 26.9 Å². The SMILES string of the molecule is [2H]C([2H])([2H])Oc1ncc([N+](=O)[O-])cc1Br. The smallest absolute Gasteiger partial charge is 0.288 e. The molecule has 0 aromatic carbocycles. The van der Waals surface area contributed by atoms with Gasteiger partial charge in [0, 0.05) is 6.07 Å². The molecule has 1 heterocycles. The van der Waals surface area contributed by atoms with Gasteiger partial charge >= 0.3 is 0 Å². The molecule has 0 spiro atoms. The van der Waals surface area contributed by atoms with Gasteiger partial charge in [0.05, 0.1) is 20.5 Å². The summed E-state index contributed by atoms with van der Waals surface area (Å²) in [6.07, 6.45) is 0.922. The summed E-state index contributed by atoms with van der Waals surface area (Å²) in [5.74, 6) is -0.208. The van der Waals surface area contributed by atoms with Crippen LogP contribution in [0, 0.1) is 10.1 Å². The molecule has 0 aliphatic carbocycles. The average Bonchev–Trinajstić information content (AvgIpc) is 2.05. The molecule has 0 unspecified atom stereocenters. The predicted octanol–water partition coefficient (Wildman–Crippen LogP) is 1.76. The van der Waals surface area contributed by atoms with E-state index in [1.807, 2.05) is 0 Å². The first-order chi connectivity index (χ1) is 6.79. The first kappa shape index (κ1) is 5.47. The van der Waals surface area contributed by atoms with Gasteiger partial charge in [-0.25, -0.2) is 4.98 Å². The maximum Gasteiger partial charge on any atom is 0.288 e. The third kappa shape index (κ3) is 1.70. The van der Waals surface area contributed by atoms with Gasteiger partial charge in [-0.1, -0.05) is 0 Å². The van der Waals surface area contributed by atoms with Crippen LogP contribution in [0.5, 0.6) is 5.88 Å². The normalized spacial score (nSPS) is 14.2. The van der Waals surface area contributed by atoms with Crippen LogP contribution < -0.4 is 4.74 Å². The van der Waals surface area contributed by atoms with Crippen molar-refractivity contribution in [2.75, 3.05) is 7.04 Å². The lowest BCUT2D eigenvalue weighted by atomic mass is 10.4. The Balaban J connectivity index is 2.99. The van der Waals surface area contributed by atoms with Crippen molar-refractivity contribution in [3.8, 4) is 5.88 Å². The second-order valence-corrected chi connectivity index (χ2v) is 2.69. The number of nitrogens with zero attached hydrogens (tertiary/aromatic N) is 2. The second-order valence-electron chi connectivity index (χ2n) is 1.84. The van der Waals surface area contributed by atoms with E-state index in [-0.39, 0.29) is 16.0 Å². The monoisotopic (exact) mass is 235 g/mol. The molecule has 0 fully saturated rings. The van der Waals surface area contributed by atoms with Gasteiger partial charge in [0.1, 0.15) is 6.20 Å². The maximum absolute atomic E-state index is 10.3. The summed E-state index contributed by atoms with van der Waals surface area (Å²) in [5, 5.41) is 10.3. The number of aromatic nitrogens is 1. The van der Waals surface area contributed by atoms with Gasteiger partial charge in [0.15, 0.2) is 0 Å². The van der Waals surface area contributed by atoms with Crippen molar-refractivity contribution in [2.45, 2.75) is 0 Å². The molecule has 0 aliphatic heterocycles. The van der Waals surface area contributed by atoms with Crippen molar-refractivity contribution in [2.24, 2.45) is 0 Å². The fraction of sp³-hybridized carbons (Fsp3) is 0.167. The summed E-state index contributed by atoms with van der Waals surface area (Å²) >= 11 is 2.93. The third-order valence-electron chi connectivity index (χ3n) is 1.10. The summed E-state index contributed by atoms with van der Waals surface area (Å²) < 4.78 is 25.1. The standard InChI is InChI=1S/C6H5BrN2O3/c1-12-6-5(7)2-4(3-8-6)9(10)11/h2-3H,1H3/i1D3. The van der Waals surface area contributed by atoms with Gasteiger partial charge in [-0.15, -0.1) is 0 Å². The molecule has 1 aromatic heterocycles. The lowest BCUT2D eigenvalue weighted by Gasteiger charge is -1.99. The topological polar surface area (TPSA) is 65.3 Å². The number of halogens is 1. The van der Waals surface area contributed by atoms with Crippen LogP contribution in [0.3, 0.4) is 0 Å². The molecule has 0 amide bonds. The molecule has 5 nitrogen and oxygen atoms in total. The molecular weight excluding hydrogens is 228 g/mol. The molecule has 6 heteroatoms. The summed E-state index contributed by atoms with van der Waals surface area (Å²) in [4.78, 5) is 13.2. The van der Waals surface area contributed by atoms with Gasteiger partial charge in [-0.2, -0.15) is 0 Å². The van der Waals surface area contributed by atoms with Crippen LogP contribution in [0.25, 0.3) is 0 Å². The molecule has 0 atom stereocenters. The lowest BCUT2D eigenvalue weighted by Crippen LogP contribution is -1.92. The molecule has 0 N–H and O–H groups in total. The number of hydrogen-bond donors (Lipinski definition) is 0. The van der Waals surface area contributed by atoms with Crippen molar-refractivity contribution in [1.29, 1.82) is 0 Å². The Morgan fingerprint density at radius 3 is 3.17 bits per heavy atom. The van der Waals surface area contributed by atoms with Crippen LogP contribution in [0.15, 0.2) is 16.7 Å². The Labute approximate surface area is 80.9 Å². The molecule has 0 saturated heterocycles. The van der Waals surface area contributed by atoms with Crippen molar-refractivity contribution in [1.82, 2.24) is 4.98 Å². The van der Waals surface area contributed by atoms with Crippen LogP contribution in [0.1, 0.15) is 4.11 Å². The van der Waals surface area contributed by atoms with Gasteiger partial charge in [-0.05, 0) is 15.9 Å². The van der Waals surface area contributed by atoms with Crippen LogP contribution in [0.4, 0.5) is 5.69 Å². The van der Waals surface area contributed by atoms with E-state index in [1.54, 1.807) is 0 Å². The lowest BCUT2D eigenvalue weighted by molar-refractivity contribution is -0.385. The highest BCUT2D eigenvalue weighted by atomic mass is 79.9.